The first kappa shape index (κ1) is 6.76. The van der Waals surface area contributed by atoms with E-state index in [0.29, 0.717) is 5.69 Å². The summed E-state index contributed by atoms with van der Waals surface area (Å²) in [5.41, 5.74) is 3.18. The minimum Gasteiger partial charge on any atom is -0.289 e. The minimum absolute atomic E-state index is 0.352. The summed E-state index contributed by atoms with van der Waals surface area (Å²) in [5.74, 6) is 4.53. The van der Waals surface area contributed by atoms with Crippen molar-refractivity contribution in [3.05, 3.63) is 17.5 Å². The Morgan fingerprint density at radius 3 is 3.00 bits per heavy atom. The van der Waals surface area contributed by atoms with Crippen molar-refractivity contribution in [3.63, 3.8) is 0 Å². The molecule has 0 aliphatic heterocycles. The number of aromatic nitrogens is 2. The number of nitrogens with two attached hydrogens (primary N) is 1. The predicted molar refractivity (Wildman–Crippen MR) is 35.0 cm³/mol. The maximum Gasteiger partial charge on any atom is 0.283 e. The molecule has 10 heavy (non-hydrogen) atoms. The second-order valence-electron chi connectivity index (χ2n) is 1.90. The van der Waals surface area contributed by atoms with Crippen LogP contribution in [0, 0.1) is 6.92 Å². The van der Waals surface area contributed by atoms with Gasteiger partial charge in [-0.3, -0.25) is 15.3 Å². The highest BCUT2D eigenvalue weighted by atomic mass is 16.2. The lowest BCUT2D eigenvalue weighted by molar-refractivity contribution is 0.0948. The van der Waals surface area contributed by atoms with E-state index in [2.05, 4.69) is 10.2 Å². The summed E-state index contributed by atoms with van der Waals surface area (Å²) in [7, 11) is 0. The number of hydrogen-bond donors (Lipinski definition) is 3. The van der Waals surface area contributed by atoms with Crippen LogP contribution >= 0.6 is 0 Å². The molecule has 0 aliphatic rings. The smallest absolute Gasteiger partial charge is 0.283 e. The summed E-state index contributed by atoms with van der Waals surface area (Å²) in [6, 6.07) is 0. The average molecular weight is 140 g/mol. The summed E-state index contributed by atoms with van der Waals surface area (Å²) in [4.78, 5) is 10.8. The Labute approximate surface area is 57.6 Å². The van der Waals surface area contributed by atoms with Gasteiger partial charge < -0.3 is 0 Å². The average Bonchev–Trinajstić information content (AvgIpc) is 2.34. The van der Waals surface area contributed by atoms with Crippen molar-refractivity contribution in [1.29, 1.82) is 0 Å². The van der Waals surface area contributed by atoms with E-state index in [9.17, 15) is 4.79 Å². The Kier molecular flexibility index (Phi) is 1.68. The Hall–Kier alpha value is -1.36. The van der Waals surface area contributed by atoms with Crippen molar-refractivity contribution in [2.45, 2.75) is 6.92 Å². The van der Waals surface area contributed by atoms with E-state index in [0.717, 1.165) is 5.56 Å². The molecular weight excluding hydrogens is 132 g/mol. The van der Waals surface area contributed by atoms with Gasteiger partial charge in [0.05, 0.1) is 6.20 Å². The zero-order chi connectivity index (χ0) is 7.56. The van der Waals surface area contributed by atoms with Gasteiger partial charge in [0, 0.05) is 0 Å². The zero-order valence-electron chi connectivity index (χ0n) is 5.51. The number of aryl methyl sites for hydroxylation is 1. The van der Waals surface area contributed by atoms with E-state index >= 15 is 0 Å². The maximum absolute atomic E-state index is 10.8. The molecule has 0 unspecified atom stereocenters. The molecule has 0 aromatic carbocycles. The van der Waals surface area contributed by atoms with Crippen LogP contribution in [0.2, 0.25) is 0 Å². The van der Waals surface area contributed by atoms with Crippen molar-refractivity contribution < 1.29 is 4.79 Å². The van der Waals surface area contributed by atoms with Gasteiger partial charge in [-0.25, -0.2) is 5.84 Å². The van der Waals surface area contributed by atoms with Crippen LogP contribution in [0.25, 0.3) is 0 Å². The lowest BCUT2D eigenvalue weighted by atomic mass is 10.3. The first-order valence-corrected chi connectivity index (χ1v) is 2.76. The Morgan fingerprint density at radius 1 is 1.90 bits per heavy atom. The topological polar surface area (TPSA) is 83.8 Å². The van der Waals surface area contributed by atoms with Crippen molar-refractivity contribution in [1.82, 2.24) is 15.6 Å². The molecular formula is C5H8N4O. The highest BCUT2D eigenvalue weighted by Crippen LogP contribution is 1.99. The van der Waals surface area contributed by atoms with E-state index in [-0.39, 0.29) is 5.91 Å². The summed E-state index contributed by atoms with van der Waals surface area (Å²) in [6.45, 7) is 1.77. The van der Waals surface area contributed by atoms with Crippen LogP contribution in [0.5, 0.6) is 0 Å². The largest absolute Gasteiger partial charge is 0.289 e. The number of hydrazine groups is 1. The van der Waals surface area contributed by atoms with E-state index in [1.807, 2.05) is 5.43 Å². The fraction of sp³-hybridized carbons (Fsp3) is 0.200. The van der Waals surface area contributed by atoms with Crippen LogP contribution in [-0.2, 0) is 0 Å². The van der Waals surface area contributed by atoms with E-state index in [1.54, 1.807) is 13.1 Å². The number of carbonyl (C=O) groups is 1. The Bertz CT molecular complexity index is 242. The molecule has 1 heterocycles. The van der Waals surface area contributed by atoms with Crippen LogP contribution in [0.1, 0.15) is 16.1 Å². The lowest BCUT2D eigenvalue weighted by Crippen LogP contribution is -2.30. The van der Waals surface area contributed by atoms with Gasteiger partial charge in [-0.15, -0.1) is 0 Å². The third-order valence-electron chi connectivity index (χ3n) is 1.19. The summed E-state index contributed by atoms with van der Waals surface area (Å²) in [6.07, 6.45) is 1.56. The quantitative estimate of drug-likeness (QED) is 0.274. The second-order valence-corrected chi connectivity index (χ2v) is 1.90. The number of nitrogens with zero attached hydrogens (tertiary/aromatic N) is 1. The SMILES string of the molecule is Cc1cn[nH]c1C(=O)NN. The molecule has 1 amide bonds. The van der Waals surface area contributed by atoms with E-state index in [1.165, 1.54) is 0 Å². The molecule has 0 radical (unpaired) electrons. The fourth-order valence-corrected chi connectivity index (χ4v) is 0.648. The number of nitrogens with one attached hydrogen (secondary N) is 2. The zero-order valence-corrected chi connectivity index (χ0v) is 5.51. The molecule has 0 atom stereocenters. The molecule has 0 saturated carbocycles. The molecule has 1 aromatic rings. The standard InChI is InChI=1S/C5H8N4O/c1-3-2-7-9-4(3)5(10)8-6/h2H,6H2,1H3,(H,7,9)(H,8,10). The molecule has 0 fully saturated rings. The predicted octanol–water partition coefficient (Wildman–Crippen LogP) is -0.678. The van der Waals surface area contributed by atoms with Crippen LogP contribution in [-0.4, -0.2) is 16.1 Å². The molecule has 5 heteroatoms. The van der Waals surface area contributed by atoms with Crippen LogP contribution in [0.15, 0.2) is 6.20 Å². The summed E-state index contributed by atoms with van der Waals surface area (Å²) in [5, 5.41) is 6.16. The molecule has 54 valence electrons. The number of amides is 1. The molecule has 1 aromatic heterocycles. The highest BCUT2D eigenvalue weighted by Gasteiger charge is 2.07. The van der Waals surface area contributed by atoms with Crippen LogP contribution in [0.3, 0.4) is 0 Å². The van der Waals surface area contributed by atoms with Gasteiger partial charge in [-0.2, -0.15) is 5.10 Å². The summed E-state index contributed by atoms with van der Waals surface area (Å²) >= 11 is 0. The van der Waals surface area contributed by atoms with Gasteiger partial charge in [0.25, 0.3) is 5.91 Å². The molecule has 0 saturated heterocycles. The normalized spacial score (nSPS) is 9.40. The number of nitrogen functional groups attached to an aromatic ring is 1. The van der Waals surface area contributed by atoms with Gasteiger partial charge in [0.2, 0.25) is 0 Å². The second kappa shape index (κ2) is 2.49. The van der Waals surface area contributed by atoms with Crippen molar-refractivity contribution in [3.8, 4) is 0 Å². The van der Waals surface area contributed by atoms with Gasteiger partial charge in [-0.1, -0.05) is 0 Å². The van der Waals surface area contributed by atoms with Crippen molar-refractivity contribution in [2.24, 2.45) is 5.84 Å². The molecule has 1 rings (SSSR count). The van der Waals surface area contributed by atoms with E-state index in [4.69, 9.17) is 5.84 Å². The van der Waals surface area contributed by atoms with Gasteiger partial charge >= 0.3 is 0 Å². The molecule has 0 aliphatic carbocycles. The molecule has 0 spiro atoms. The van der Waals surface area contributed by atoms with Gasteiger partial charge in [-0.05, 0) is 12.5 Å². The van der Waals surface area contributed by atoms with Gasteiger partial charge in [0.15, 0.2) is 0 Å². The van der Waals surface area contributed by atoms with Crippen LogP contribution in [0.4, 0.5) is 0 Å². The number of hydrogen-bond acceptors (Lipinski definition) is 3. The third kappa shape index (κ3) is 0.985. The Balaban J connectivity index is 2.93. The number of carbonyl (C=O) groups excluding carboxylic acids is 1. The first-order valence-electron chi connectivity index (χ1n) is 2.76. The molecule has 5 nitrogen and oxygen atoms in total. The monoisotopic (exact) mass is 140 g/mol. The van der Waals surface area contributed by atoms with Crippen molar-refractivity contribution in [2.75, 3.05) is 0 Å². The Morgan fingerprint density at radius 2 is 2.60 bits per heavy atom. The van der Waals surface area contributed by atoms with Crippen molar-refractivity contribution >= 4 is 5.91 Å². The first-order chi connectivity index (χ1) is 4.75. The molecule has 0 bridgehead atoms. The van der Waals surface area contributed by atoms with E-state index < -0.39 is 0 Å². The number of aromatic amines is 1. The minimum atomic E-state index is -0.352. The lowest BCUT2D eigenvalue weighted by Gasteiger charge is -1.94. The maximum atomic E-state index is 10.8. The fourth-order valence-electron chi connectivity index (χ4n) is 0.648. The van der Waals surface area contributed by atoms with Crippen LogP contribution < -0.4 is 11.3 Å². The third-order valence-corrected chi connectivity index (χ3v) is 1.19. The number of H-pyrrole nitrogens is 1. The van der Waals surface area contributed by atoms with Gasteiger partial charge in [0.1, 0.15) is 5.69 Å². The highest BCUT2D eigenvalue weighted by molar-refractivity contribution is 5.92. The number of rotatable bonds is 1. The molecule has 4 N–H and O–H groups in total. The summed E-state index contributed by atoms with van der Waals surface area (Å²) < 4.78 is 0.